The van der Waals surface area contributed by atoms with Crippen molar-refractivity contribution >= 4 is 15.7 Å². The maximum atomic E-state index is 12.1. The van der Waals surface area contributed by atoms with Gasteiger partial charge in [-0.05, 0) is 32.9 Å². The Bertz CT molecular complexity index is 498. The van der Waals surface area contributed by atoms with E-state index >= 15 is 0 Å². The minimum atomic E-state index is -3.60. The van der Waals surface area contributed by atoms with E-state index in [1.165, 1.54) is 6.07 Å². The Morgan fingerprint density at radius 2 is 1.94 bits per heavy atom. The van der Waals surface area contributed by atoms with E-state index in [9.17, 15) is 8.42 Å². The van der Waals surface area contributed by atoms with Crippen molar-refractivity contribution in [2.24, 2.45) is 0 Å². The van der Waals surface area contributed by atoms with Crippen LogP contribution in [0, 0.1) is 0 Å². The largest absolute Gasteiger partial charge is 0.398 e. The van der Waals surface area contributed by atoms with Crippen LogP contribution < -0.4 is 10.5 Å². The fraction of sp³-hybridized carbons (Fsp3) is 0.500. The molecular weight excluding hydrogens is 252 g/mol. The zero-order valence-electron chi connectivity index (χ0n) is 10.9. The van der Waals surface area contributed by atoms with Crippen LogP contribution in [0.1, 0.15) is 20.8 Å². The molecule has 3 N–H and O–H groups in total. The topological polar surface area (TPSA) is 81.4 Å². The van der Waals surface area contributed by atoms with Gasteiger partial charge in [-0.15, -0.1) is 0 Å². The van der Waals surface area contributed by atoms with Crippen molar-refractivity contribution in [2.45, 2.75) is 31.3 Å². The molecule has 102 valence electrons. The zero-order chi connectivity index (χ0) is 13.8. The van der Waals surface area contributed by atoms with Crippen LogP contribution >= 0.6 is 0 Å². The molecule has 0 atom stereocenters. The molecule has 18 heavy (non-hydrogen) atoms. The summed E-state index contributed by atoms with van der Waals surface area (Å²) in [5, 5.41) is 0. The molecule has 1 rings (SSSR count). The van der Waals surface area contributed by atoms with Gasteiger partial charge in [0.1, 0.15) is 4.90 Å². The molecule has 6 heteroatoms. The first kappa shape index (κ1) is 14.9. The van der Waals surface area contributed by atoms with Crippen LogP contribution in [-0.2, 0) is 14.8 Å². The highest BCUT2D eigenvalue weighted by Gasteiger charge is 2.23. The lowest BCUT2D eigenvalue weighted by atomic mass is 10.1. The second kappa shape index (κ2) is 5.69. The first-order valence-corrected chi connectivity index (χ1v) is 7.25. The molecular formula is C12H20N2O3S. The zero-order valence-corrected chi connectivity index (χ0v) is 11.8. The van der Waals surface area contributed by atoms with Gasteiger partial charge in [-0.1, -0.05) is 12.1 Å². The van der Waals surface area contributed by atoms with E-state index in [1.807, 2.05) is 20.8 Å². The molecule has 0 fully saturated rings. The highest BCUT2D eigenvalue weighted by Crippen LogP contribution is 2.17. The minimum absolute atomic E-state index is 0.0947. The number of ether oxygens (including phenoxy) is 1. The van der Waals surface area contributed by atoms with Crippen molar-refractivity contribution in [1.29, 1.82) is 0 Å². The van der Waals surface area contributed by atoms with Crippen LogP contribution in [0.2, 0.25) is 0 Å². The van der Waals surface area contributed by atoms with Gasteiger partial charge in [-0.2, -0.15) is 0 Å². The van der Waals surface area contributed by atoms with E-state index < -0.39 is 15.6 Å². The van der Waals surface area contributed by atoms with E-state index in [-0.39, 0.29) is 17.1 Å². The Balaban J connectivity index is 2.81. The molecule has 0 spiro atoms. The summed E-state index contributed by atoms with van der Waals surface area (Å²) in [5.74, 6) is 0. The van der Waals surface area contributed by atoms with Crippen molar-refractivity contribution in [3.8, 4) is 0 Å². The predicted octanol–water partition coefficient (Wildman–Crippen LogP) is 1.36. The number of nitrogens with one attached hydrogen (secondary N) is 1. The number of sulfonamides is 1. The summed E-state index contributed by atoms with van der Waals surface area (Å²) in [6.07, 6.45) is 0. The normalized spacial score (nSPS) is 12.6. The summed E-state index contributed by atoms with van der Waals surface area (Å²) in [4.78, 5) is 0.0947. The first-order valence-electron chi connectivity index (χ1n) is 5.76. The van der Waals surface area contributed by atoms with Gasteiger partial charge in [0, 0.05) is 13.2 Å². The number of benzene rings is 1. The molecule has 0 aliphatic carbocycles. The van der Waals surface area contributed by atoms with Crippen LogP contribution in [0.25, 0.3) is 0 Å². The molecule has 0 aliphatic heterocycles. The van der Waals surface area contributed by atoms with Crippen LogP contribution in [0.4, 0.5) is 5.69 Å². The molecule has 0 aliphatic rings. The van der Waals surface area contributed by atoms with Gasteiger partial charge < -0.3 is 10.5 Å². The summed E-state index contributed by atoms with van der Waals surface area (Å²) >= 11 is 0. The SMILES string of the molecule is CCOC(C)(C)CNS(=O)(=O)c1ccccc1N. The lowest BCUT2D eigenvalue weighted by Gasteiger charge is -2.24. The fourth-order valence-electron chi connectivity index (χ4n) is 1.51. The number of nitrogens with two attached hydrogens (primary N) is 1. The van der Waals surface area contributed by atoms with Crippen molar-refractivity contribution in [1.82, 2.24) is 4.72 Å². The lowest BCUT2D eigenvalue weighted by Crippen LogP contribution is -2.40. The molecule has 0 heterocycles. The predicted molar refractivity (Wildman–Crippen MR) is 71.7 cm³/mol. The summed E-state index contributed by atoms with van der Waals surface area (Å²) in [7, 11) is -3.60. The smallest absolute Gasteiger partial charge is 0.242 e. The summed E-state index contributed by atoms with van der Waals surface area (Å²) < 4.78 is 32.1. The molecule has 0 aromatic heterocycles. The van der Waals surface area contributed by atoms with Gasteiger partial charge in [-0.3, -0.25) is 0 Å². The molecule has 0 bridgehead atoms. The van der Waals surface area contributed by atoms with Gasteiger partial charge in [0.25, 0.3) is 0 Å². The molecule has 0 saturated heterocycles. The summed E-state index contributed by atoms with van der Waals surface area (Å²) in [6, 6.07) is 6.37. The standard InChI is InChI=1S/C12H20N2O3S/c1-4-17-12(2,3)9-14-18(15,16)11-8-6-5-7-10(11)13/h5-8,14H,4,9,13H2,1-3H3. The van der Waals surface area contributed by atoms with Crippen LogP contribution in [0.15, 0.2) is 29.2 Å². The summed E-state index contributed by atoms with van der Waals surface area (Å²) in [5.41, 5.74) is 5.34. The highest BCUT2D eigenvalue weighted by atomic mass is 32.2. The Morgan fingerprint density at radius 1 is 1.33 bits per heavy atom. The number of hydrogen-bond donors (Lipinski definition) is 2. The van der Waals surface area contributed by atoms with Gasteiger partial charge >= 0.3 is 0 Å². The van der Waals surface area contributed by atoms with E-state index in [2.05, 4.69) is 4.72 Å². The van der Waals surface area contributed by atoms with E-state index in [0.717, 1.165) is 0 Å². The van der Waals surface area contributed by atoms with Crippen molar-refractivity contribution in [3.05, 3.63) is 24.3 Å². The first-order chi connectivity index (χ1) is 8.28. The molecule has 0 saturated carbocycles. The van der Waals surface area contributed by atoms with Crippen LogP contribution in [0.5, 0.6) is 0 Å². The van der Waals surface area contributed by atoms with Crippen LogP contribution in [0.3, 0.4) is 0 Å². The maximum Gasteiger partial charge on any atom is 0.242 e. The third kappa shape index (κ3) is 3.97. The molecule has 5 nitrogen and oxygen atoms in total. The van der Waals surface area contributed by atoms with Gasteiger partial charge in [0.2, 0.25) is 10.0 Å². The minimum Gasteiger partial charge on any atom is -0.398 e. The third-order valence-electron chi connectivity index (χ3n) is 2.43. The molecule has 0 amide bonds. The number of hydrogen-bond acceptors (Lipinski definition) is 4. The average molecular weight is 272 g/mol. The van der Waals surface area contributed by atoms with Crippen molar-refractivity contribution < 1.29 is 13.2 Å². The molecule has 1 aromatic rings. The number of para-hydroxylation sites is 1. The number of nitrogen functional groups attached to an aromatic ring is 1. The Labute approximate surface area is 108 Å². The second-order valence-electron chi connectivity index (χ2n) is 4.56. The van der Waals surface area contributed by atoms with E-state index in [4.69, 9.17) is 10.5 Å². The maximum absolute atomic E-state index is 12.1. The van der Waals surface area contributed by atoms with E-state index in [0.29, 0.717) is 6.61 Å². The van der Waals surface area contributed by atoms with Gasteiger partial charge in [0.05, 0.1) is 11.3 Å². The lowest BCUT2D eigenvalue weighted by molar-refractivity contribution is -0.00514. The van der Waals surface area contributed by atoms with Gasteiger partial charge in [-0.25, -0.2) is 13.1 Å². The molecule has 1 aromatic carbocycles. The average Bonchev–Trinajstić information content (AvgIpc) is 2.27. The third-order valence-corrected chi connectivity index (χ3v) is 3.91. The monoisotopic (exact) mass is 272 g/mol. The molecule has 0 unspecified atom stereocenters. The quantitative estimate of drug-likeness (QED) is 0.766. The second-order valence-corrected chi connectivity index (χ2v) is 6.29. The van der Waals surface area contributed by atoms with Crippen LogP contribution in [-0.4, -0.2) is 27.2 Å². The van der Waals surface area contributed by atoms with E-state index in [1.54, 1.807) is 18.2 Å². The van der Waals surface area contributed by atoms with Gasteiger partial charge in [0.15, 0.2) is 0 Å². The Morgan fingerprint density at radius 3 is 2.50 bits per heavy atom. The summed E-state index contributed by atoms with van der Waals surface area (Å²) in [6.45, 7) is 6.24. The fourth-order valence-corrected chi connectivity index (χ4v) is 2.84. The van der Waals surface area contributed by atoms with Crippen molar-refractivity contribution in [3.63, 3.8) is 0 Å². The Hall–Kier alpha value is -1.11. The molecule has 0 radical (unpaired) electrons. The Kier molecular flexibility index (Phi) is 4.72. The highest BCUT2D eigenvalue weighted by molar-refractivity contribution is 7.89. The number of rotatable bonds is 6. The van der Waals surface area contributed by atoms with Crippen molar-refractivity contribution in [2.75, 3.05) is 18.9 Å². The number of anilines is 1.